The summed E-state index contributed by atoms with van der Waals surface area (Å²) in [4.78, 5) is 26.6. The molecule has 13 heteroatoms. The SMILES string of the molecule is Cc1noc(C23CCCC(C2)N3C(=O)Nc2cc(-c3nccc(C#N)n3)c(C(F)(F)F)cc2F)n1. The van der Waals surface area contributed by atoms with Crippen LogP contribution in [0.4, 0.5) is 28.0 Å². The molecule has 0 spiro atoms. The number of nitrogens with one attached hydrogen (secondary N) is 1. The first-order valence-electron chi connectivity index (χ1n) is 10.7. The number of fused-ring (bicyclic) bond motifs is 2. The number of aryl methyl sites for hydroxylation is 1. The fourth-order valence-corrected chi connectivity index (χ4v) is 4.86. The van der Waals surface area contributed by atoms with Gasteiger partial charge in [-0.2, -0.15) is 23.4 Å². The number of benzene rings is 1. The predicted octanol–water partition coefficient (Wildman–Crippen LogP) is 4.55. The maximum absolute atomic E-state index is 14.8. The van der Waals surface area contributed by atoms with Crippen molar-refractivity contribution in [2.75, 3.05) is 5.32 Å². The normalized spacial score (nSPS) is 21.3. The quantitative estimate of drug-likeness (QED) is 0.538. The van der Waals surface area contributed by atoms with Crippen LogP contribution in [0.5, 0.6) is 0 Å². The first-order valence-corrected chi connectivity index (χ1v) is 10.7. The number of carbonyl (C=O) groups excluding carboxylic acids is 1. The van der Waals surface area contributed by atoms with Gasteiger partial charge in [-0.1, -0.05) is 5.16 Å². The van der Waals surface area contributed by atoms with Crippen molar-refractivity contribution in [3.05, 3.63) is 53.2 Å². The molecule has 2 atom stereocenters. The monoisotopic (exact) mass is 487 g/mol. The first-order chi connectivity index (χ1) is 16.6. The minimum absolute atomic E-state index is 0.149. The van der Waals surface area contributed by atoms with E-state index in [1.807, 2.05) is 0 Å². The number of urea groups is 1. The lowest BCUT2D eigenvalue weighted by Crippen LogP contribution is -2.69. The molecule has 180 valence electrons. The number of anilines is 1. The molecule has 1 aliphatic carbocycles. The van der Waals surface area contributed by atoms with E-state index in [4.69, 9.17) is 9.78 Å². The molecule has 1 aliphatic heterocycles. The molecule has 3 aromatic rings. The summed E-state index contributed by atoms with van der Waals surface area (Å²) in [5, 5.41) is 15.2. The molecule has 2 bridgehead atoms. The van der Waals surface area contributed by atoms with Gasteiger partial charge in [-0.15, -0.1) is 0 Å². The highest BCUT2D eigenvalue weighted by Gasteiger charge is 2.60. The lowest BCUT2D eigenvalue weighted by atomic mass is 9.68. The molecule has 2 amide bonds. The molecule has 2 aliphatic rings. The van der Waals surface area contributed by atoms with Crippen molar-refractivity contribution in [3.63, 3.8) is 0 Å². The molecule has 1 aromatic carbocycles. The van der Waals surface area contributed by atoms with Gasteiger partial charge in [0.25, 0.3) is 5.89 Å². The molecule has 2 aromatic heterocycles. The van der Waals surface area contributed by atoms with E-state index in [2.05, 4.69) is 25.4 Å². The molecular formula is C22H17F4N7O2. The number of halogens is 4. The molecular weight excluding hydrogens is 470 g/mol. The van der Waals surface area contributed by atoms with Crippen LogP contribution in [0.25, 0.3) is 11.4 Å². The van der Waals surface area contributed by atoms with Gasteiger partial charge in [-0.25, -0.2) is 19.2 Å². The van der Waals surface area contributed by atoms with E-state index in [0.717, 1.165) is 25.1 Å². The summed E-state index contributed by atoms with van der Waals surface area (Å²) in [6.45, 7) is 1.65. The summed E-state index contributed by atoms with van der Waals surface area (Å²) in [5.74, 6) is -1.03. The van der Waals surface area contributed by atoms with E-state index in [1.165, 1.54) is 11.0 Å². The molecule has 1 saturated heterocycles. The number of piperidine rings is 1. The Balaban J connectivity index is 1.52. The Hall–Kier alpha value is -4.08. The first kappa shape index (κ1) is 22.7. The number of nitriles is 1. The third kappa shape index (κ3) is 3.74. The van der Waals surface area contributed by atoms with Crippen LogP contribution in [0.3, 0.4) is 0 Å². The number of aromatic nitrogens is 4. The van der Waals surface area contributed by atoms with Crippen molar-refractivity contribution in [2.24, 2.45) is 0 Å². The highest BCUT2D eigenvalue weighted by Crippen LogP contribution is 2.53. The van der Waals surface area contributed by atoms with Crippen LogP contribution in [0.2, 0.25) is 0 Å². The minimum Gasteiger partial charge on any atom is -0.337 e. The highest BCUT2D eigenvalue weighted by molar-refractivity contribution is 5.92. The van der Waals surface area contributed by atoms with E-state index < -0.39 is 46.2 Å². The average molecular weight is 487 g/mol. The van der Waals surface area contributed by atoms with Crippen LogP contribution in [0.15, 0.2) is 28.9 Å². The lowest BCUT2D eigenvalue weighted by molar-refractivity contribution is -0.137. The Kier molecular flexibility index (Phi) is 5.19. The van der Waals surface area contributed by atoms with E-state index in [0.29, 0.717) is 18.7 Å². The van der Waals surface area contributed by atoms with Gasteiger partial charge >= 0.3 is 12.2 Å². The maximum atomic E-state index is 14.8. The second kappa shape index (κ2) is 8.00. The van der Waals surface area contributed by atoms with Gasteiger partial charge < -0.3 is 14.7 Å². The van der Waals surface area contributed by atoms with Crippen LogP contribution >= 0.6 is 0 Å². The van der Waals surface area contributed by atoms with E-state index in [-0.39, 0.29) is 23.7 Å². The molecule has 35 heavy (non-hydrogen) atoms. The Morgan fingerprint density at radius 1 is 1.34 bits per heavy atom. The molecule has 2 fully saturated rings. The lowest BCUT2D eigenvalue weighted by Gasteiger charge is -2.59. The zero-order valence-electron chi connectivity index (χ0n) is 18.2. The number of carbonyl (C=O) groups is 1. The van der Waals surface area contributed by atoms with Gasteiger partial charge in [0.15, 0.2) is 11.6 Å². The number of alkyl halides is 3. The Bertz CT molecular complexity index is 1360. The largest absolute Gasteiger partial charge is 0.417 e. The van der Waals surface area contributed by atoms with Crippen molar-refractivity contribution in [1.29, 1.82) is 5.26 Å². The Morgan fingerprint density at radius 2 is 2.14 bits per heavy atom. The van der Waals surface area contributed by atoms with Gasteiger partial charge in [0.2, 0.25) is 0 Å². The van der Waals surface area contributed by atoms with Crippen LogP contribution in [0.1, 0.15) is 48.7 Å². The van der Waals surface area contributed by atoms with Crippen molar-refractivity contribution < 1.29 is 26.9 Å². The standard InChI is InChI=1S/C22H17F4N7O2/c1-11-29-19(35-32-11)21-5-2-3-13(9-21)33(21)20(34)31-17-7-14(15(8-16(17)23)22(24,25)26)18-28-6-4-12(10-27)30-18/h4,6-8,13H,2-3,5,9H2,1H3,(H,31,34). The van der Waals surface area contributed by atoms with Crippen LogP contribution in [-0.4, -0.2) is 37.1 Å². The summed E-state index contributed by atoms with van der Waals surface area (Å²) in [7, 11) is 0. The fraction of sp³-hybridized carbons (Fsp3) is 0.364. The molecule has 9 nitrogen and oxygen atoms in total. The zero-order valence-corrected chi connectivity index (χ0v) is 18.2. The fourth-order valence-electron chi connectivity index (χ4n) is 4.86. The van der Waals surface area contributed by atoms with Crippen molar-refractivity contribution >= 4 is 11.7 Å². The molecule has 5 rings (SSSR count). The minimum atomic E-state index is -4.93. The summed E-state index contributed by atoms with van der Waals surface area (Å²) < 4.78 is 61.2. The number of amides is 2. The highest BCUT2D eigenvalue weighted by atomic mass is 19.4. The van der Waals surface area contributed by atoms with Gasteiger partial charge in [-0.3, -0.25) is 0 Å². The molecule has 2 unspecified atom stereocenters. The summed E-state index contributed by atoms with van der Waals surface area (Å²) in [6, 6.07) is 3.21. The maximum Gasteiger partial charge on any atom is 0.417 e. The molecule has 0 radical (unpaired) electrons. The van der Waals surface area contributed by atoms with Gasteiger partial charge in [-0.05, 0) is 44.4 Å². The van der Waals surface area contributed by atoms with Crippen molar-refractivity contribution in [3.8, 4) is 17.5 Å². The number of likely N-dealkylation sites (tertiary alicyclic amines) is 1. The van der Waals surface area contributed by atoms with Crippen LogP contribution in [-0.2, 0) is 11.7 Å². The van der Waals surface area contributed by atoms with Gasteiger partial charge in [0.05, 0.1) is 11.3 Å². The van der Waals surface area contributed by atoms with E-state index in [1.54, 1.807) is 13.0 Å². The molecule has 1 N–H and O–H groups in total. The third-order valence-corrected chi connectivity index (χ3v) is 6.34. The van der Waals surface area contributed by atoms with Gasteiger partial charge in [0.1, 0.15) is 23.1 Å². The summed E-state index contributed by atoms with van der Waals surface area (Å²) in [5.41, 5.74) is -3.39. The van der Waals surface area contributed by atoms with Crippen molar-refractivity contribution in [2.45, 2.75) is 50.4 Å². The van der Waals surface area contributed by atoms with Crippen LogP contribution < -0.4 is 5.32 Å². The Labute approximate surface area is 195 Å². The van der Waals surface area contributed by atoms with Gasteiger partial charge in [0, 0.05) is 24.2 Å². The number of nitrogens with zero attached hydrogens (tertiary/aromatic N) is 6. The summed E-state index contributed by atoms with van der Waals surface area (Å²) in [6.07, 6.45) is -1.11. The topological polar surface area (TPSA) is 121 Å². The second-order valence-corrected chi connectivity index (χ2v) is 8.48. The summed E-state index contributed by atoms with van der Waals surface area (Å²) >= 11 is 0. The molecule has 3 heterocycles. The van der Waals surface area contributed by atoms with Crippen molar-refractivity contribution in [1.82, 2.24) is 25.0 Å². The molecule has 1 saturated carbocycles. The zero-order chi connectivity index (χ0) is 25.0. The third-order valence-electron chi connectivity index (χ3n) is 6.34. The predicted molar refractivity (Wildman–Crippen MR) is 111 cm³/mol. The number of hydrogen-bond donors (Lipinski definition) is 1. The van der Waals surface area contributed by atoms with Crippen LogP contribution in [0, 0.1) is 24.1 Å². The smallest absolute Gasteiger partial charge is 0.337 e. The number of rotatable bonds is 3. The van der Waals surface area contributed by atoms with E-state index in [9.17, 15) is 22.4 Å². The average Bonchev–Trinajstić information content (AvgIpc) is 3.26. The second-order valence-electron chi connectivity index (χ2n) is 8.48. The Morgan fingerprint density at radius 3 is 2.80 bits per heavy atom. The van der Waals surface area contributed by atoms with E-state index >= 15 is 0 Å². The number of hydrogen-bond acceptors (Lipinski definition) is 7.